The van der Waals surface area contributed by atoms with Crippen molar-refractivity contribution in [3.05, 3.63) is 23.4 Å². The van der Waals surface area contributed by atoms with Gasteiger partial charge in [-0.05, 0) is 51.3 Å². The summed E-state index contributed by atoms with van der Waals surface area (Å²) in [7, 11) is 0. The van der Waals surface area contributed by atoms with E-state index in [0.29, 0.717) is 13.1 Å². The van der Waals surface area contributed by atoms with Gasteiger partial charge < -0.3 is 20.3 Å². The minimum atomic E-state index is -0.458. The normalized spacial score (nSPS) is 16.9. The van der Waals surface area contributed by atoms with Gasteiger partial charge in [0.1, 0.15) is 11.4 Å². The highest BCUT2D eigenvalue weighted by Crippen LogP contribution is 2.23. The van der Waals surface area contributed by atoms with Crippen LogP contribution in [0.3, 0.4) is 0 Å². The van der Waals surface area contributed by atoms with Crippen molar-refractivity contribution in [2.75, 3.05) is 31.1 Å². The molecule has 0 unspecified atom stereocenters. The molecular weight excluding hydrogens is 304 g/mol. The van der Waals surface area contributed by atoms with Gasteiger partial charge in [0.25, 0.3) is 0 Å². The van der Waals surface area contributed by atoms with E-state index in [4.69, 9.17) is 10.5 Å². The molecule has 0 spiro atoms. The Morgan fingerprint density at radius 2 is 1.96 bits per heavy atom. The van der Waals surface area contributed by atoms with Crippen LogP contribution in [-0.2, 0) is 4.74 Å². The first-order valence-corrected chi connectivity index (χ1v) is 8.66. The summed E-state index contributed by atoms with van der Waals surface area (Å²) in [6.07, 6.45) is 2.53. The monoisotopic (exact) mass is 334 g/mol. The maximum absolute atomic E-state index is 12.1. The van der Waals surface area contributed by atoms with Gasteiger partial charge in [-0.15, -0.1) is 0 Å². The topological polar surface area (TPSA) is 71.7 Å². The number of carbonyl (C=O) groups excluding carboxylic acids is 1. The van der Waals surface area contributed by atoms with E-state index in [2.05, 4.69) is 29.8 Å². The van der Waals surface area contributed by atoms with Crippen LogP contribution < -0.4 is 10.6 Å². The number of nitrogens with two attached hydrogens (primary N) is 1. The van der Waals surface area contributed by atoms with Crippen molar-refractivity contribution in [1.82, 2.24) is 9.88 Å². The van der Waals surface area contributed by atoms with E-state index in [1.807, 2.05) is 27.0 Å². The molecule has 0 aromatic carbocycles. The molecule has 1 aliphatic rings. The molecule has 6 heteroatoms. The number of ether oxygens (including phenoxy) is 1. The molecule has 2 rings (SSSR count). The Hall–Kier alpha value is -1.82. The van der Waals surface area contributed by atoms with Crippen LogP contribution in [0.2, 0.25) is 0 Å². The lowest BCUT2D eigenvalue weighted by atomic mass is 10.1. The van der Waals surface area contributed by atoms with Crippen LogP contribution in [0.4, 0.5) is 10.6 Å². The number of anilines is 1. The van der Waals surface area contributed by atoms with E-state index >= 15 is 0 Å². The highest BCUT2D eigenvalue weighted by atomic mass is 16.6. The van der Waals surface area contributed by atoms with Gasteiger partial charge in [-0.25, -0.2) is 9.78 Å². The molecular formula is C18H30N4O2. The third-order valence-electron chi connectivity index (χ3n) is 4.17. The first-order chi connectivity index (χ1) is 11.2. The van der Waals surface area contributed by atoms with Gasteiger partial charge in [0.2, 0.25) is 0 Å². The molecule has 1 aromatic heterocycles. The van der Waals surface area contributed by atoms with Gasteiger partial charge in [0.05, 0.1) is 0 Å². The minimum absolute atomic E-state index is 0.0364. The van der Waals surface area contributed by atoms with Gasteiger partial charge in [-0.2, -0.15) is 0 Å². The quantitative estimate of drug-likeness (QED) is 0.920. The summed E-state index contributed by atoms with van der Waals surface area (Å²) in [5, 5.41) is 0. The van der Waals surface area contributed by atoms with Crippen molar-refractivity contribution >= 4 is 11.9 Å². The van der Waals surface area contributed by atoms with Crippen LogP contribution in [0.1, 0.15) is 51.3 Å². The number of pyridine rings is 1. The maximum atomic E-state index is 12.1. The van der Waals surface area contributed by atoms with Crippen LogP contribution in [-0.4, -0.2) is 47.8 Å². The SMILES string of the molecule is CC[C@H](N)c1cnc(N2CCN(C(=O)OC(C)(C)C)CC2)c(C)c1. The number of carbonyl (C=O) groups is 1. The number of aromatic nitrogens is 1. The second-order valence-corrected chi connectivity index (χ2v) is 7.38. The summed E-state index contributed by atoms with van der Waals surface area (Å²) in [6, 6.07) is 2.16. The second kappa shape index (κ2) is 7.38. The van der Waals surface area contributed by atoms with E-state index in [9.17, 15) is 4.79 Å². The number of hydrogen-bond donors (Lipinski definition) is 1. The zero-order chi connectivity index (χ0) is 17.9. The fourth-order valence-electron chi connectivity index (χ4n) is 2.79. The number of amides is 1. The Kier molecular flexibility index (Phi) is 5.70. The number of nitrogens with zero attached hydrogens (tertiary/aromatic N) is 3. The van der Waals surface area contributed by atoms with Crippen molar-refractivity contribution in [2.24, 2.45) is 5.73 Å². The number of aryl methyl sites for hydroxylation is 1. The van der Waals surface area contributed by atoms with E-state index in [1.165, 1.54) is 0 Å². The van der Waals surface area contributed by atoms with Gasteiger partial charge in [0.15, 0.2) is 0 Å². The molecule has 1 amide bonds. The van der Waals surface area contributed by atoms with Crippen LogP contribution in [0.5, 0.6) is 0 Å². The lowest BCUT2D eigenvalue weighted by Crippen LogP contribution is -2.50. The average Bonchev–Trinajstić information content (AvgIpc) is 2.52. The molecule has 0 bridgehead atoms. The van der Waals surface area contributed by atoms with Crippen LogP contribution in [0.15, 0.2) is 12.3 Å². The highest BCUT2D eigenvalue weighted by Gasteiger charge is 2.26. The lowest BCUT2D eigenvalue weighted by Gasteiger charge is -2.36. The van der Waals surface area contributed by atoms with Crippen molar-refractivity contribution in [1.29, 1.82) is 0 Å². The summed E-state index contributed by atoms with van der Waals surface area (Å²) < 4.78 is 5.44. The van der Waals surface area contributed by atoms with Gasteiger partial charge >= 0.3 is 6.09 Å². The predicted octanol–water partition coefficient (Wildman–Crippen LogP) is 2.86. The van der Waals surface area contributed by atoms with Crippen molar-refractivity contribution in [3.8, 4) is 0 Å². The number of piperazine rings is 1. The third-order valence-corrected chi connectivity index (χ3v) is 4.17. The van der Waals surface area contributed by atoms with Crippen LogP contribution in [0.25, 0.3) is 0 Å². The van der Waals surface area contributed by atoms with Crippen molar-refractivity contribution in [3.63, 3.8) is 0 Å². The summed E-state index contributed by atoms with van der Waals surface area (Å²) >= 11 is 0. The Morgan fingerprint density at radius 3 is 2.46 bits per heavy atom. The largest absolute Gasteiger partial charge is 0.444 e. The summed E-state index contributed by atoms with van der Waals surface area (Å²) in [5.74, 6) is 0.978. The Morgan fingerprint density at radius 1 is 1.33 bits per heavy atom. The molecule has 1 atom stereocenters. The third kappa shape index (κ3) is 4.60. The van der Waals surface area contributed by atoms with Gasteiger partial charge in [0, 0.05) is 38.4 Å². The standard InChI is InChI=1S/C18H30N4O2/c1-6-15(19)14-11-13(2)16(20-12-14)21-7-9-22(10-8-21)17(23)24-18(3,4)5/h11-12,15H,6-10,19H2,1-5H3/t15-/m0/s1. The Bertz CT molecular complexity index is 575. The average molecular weight is 334 g/mol. The summed E-state index contributed by atoms with van der Waals surface area (Å²) in [5.41, 5.74) is 7.83. The second-order valence-electron chi connectivity index (χ2n) is 7.38. The highest BCUT2D eigenvalue weighted by molar-refractivity contribution is 5.68. The zero-order valence-corrected chi connectivity index (χ0v) is 15.5. The summed E-state index contributed by atoms with van der Waals surface area (Å²) in [6.45, 7) is 12.6. The maximum Gasteiger partial charge on any atom is 0.410 e. The zero-order valence-electron chi connectivity index (χ0n) is 15.5. The van der Waals surface area contributed by atoms with Crippen LogP contribution >= 0.6 is 0 Å². The summed E-state index contributed by atoms with van der Waals surface area (Å²) in [4.78, 5) is 20.7. The molecule has 1 fully saturated rings. The molecule has 2 heterocycles. The molecule has 134 valence electrons. The van der Waals surface area contributed by atoms with E-state index in [0.717, 1.165) is 36.5 Å². The molecule has 24 heavy (non-hydrogen) atoms. The Labute approximate surface area is 145 Å². The molecule has 0 radical (unpaired) electrons. The smallest absolute Gasteiger partial charge is 0.410 e. The fourth-order valence-corrected chi connectivity index (χ4v) is 2.79. The molecule has 1 aliphatic heterocycles. The first kappa shape index (κ1) is 18.5. The number of hydrogen-bond acceptors (Lipinski definition) is 5. The molecule has 0 saturated carbocycles. The number of rotatable bonds is 3. The van der Waals surface area contributed by atoms with E-state index in [-0.39, 0.29) is 12.1 Å². The van der Waals surface area contributed by atoms with Crippen LogP contribution in [0, 0.1) is 6.92 Å². The minimum Gasteiger partial charge on any atom is -0.444 e. The Balaban J connectivity index is 1.98. The molecule has 1 saturated heterocycles. The lowest BCUT2D eigenvalue weighted by molar-refractivity contribution is 0.0240. The molecule has 6 nitrogen and oxygen atoms in total. The first-order valence-electron chi connectivity index (χ1n) is 8.66. The molecule has 2 N–H and O–H groups in total. The fraction of sp³-hybridized carbons (Fsp3) is 0.667. The van der Waals surface area contributed by atoms with Crippen molar-refractivity contribution < 1.29 is 9.53 Å². The van der Waals surface area contributed by atoms with Gasteiger partial charge in [-0.1, -0.05) is 6.92 Å². The predicted molar refractivity (Wildman–Crippen MR) is 96.2 cm³/mol. The van der Waals surface area contributed by atoms with E-state index in [1.54, 1.807) is 4.90 Å². The van der Waals surface area contributed by atoms with Gasteiger partial charge in [-0.3, -0.25) is 0 Å². The molecule has 0 aliphatic carbocycles. The van der Waals surface area contributed by atoms with E-state index < -0.39 is 5.60 Å². The molecule has 1 aromatic rings. The van der Waals surface area contributed by atoms with Crippen molar-refractivity contribution in [2.45, 2.75) is 52.7 Å².